The number of carboxylic acid groups (broad SMARTS) is 1. The van der Waals surface area contributed by atoms with Crippen molar-refractivity contribution in [1.82, 2.24) is 10.2 Å². The van der Waals surface area contributed by atoms with Crippen LogP contribution in [0.25, 0.3) is 11.1 Å². The van der Waals surface area contributed by atoms with Crippen molar-refractivity contribution in [1.29, 1.82) is 0 Å². The predicted octanol–water partition coefficient (Wildman–Crippen LogP) is 4.97. The van der Waals surface area contributed by atoms with Gasteiger partial charge in [0.05, 0.1) is 6.04 Å². The number of amides is 2. The molecular formula is C31H30N2O5. The molecular weight excluding hydrogens is 480 g/mol. The maximum atomic E-state index is 13.3. The minimum Gasteiger partial charge on any atom is -0.480 e. The Morgan fingerprint density at radius 1 is 0.895 bits per heavy atom. The van der Waals surface area contributed by atoms with Gasteiger partial charge < -0.3 is 20.1 Å². The largest absolute Gasteiger partial charge is 0.480 e. The Hall–Kier alpha value is -4.39. The average Bonchev–Trinajstić information content (AvgIpc) is 3.25. The van der Waals surface area contributed by atoms with Crippen molar-refractivity contribution in [3.05, 3.63) is 108 Å². The van der Waals surface area contributed by atoms with Gasteiger partial charge in [-0.05, 0) is 40.7 Å². The third-order valence-electron chi connectivity index (χ3n) is 7.18. The molecule has 7 heteroatoms. The third-order valence-corrected chi connectivity index (χ3v) is 7.18. The smallest absolute Gasteiger partial charge is 0.407 e. The lowest BCUT2D eigenvalue weighted by Gasteiger charge is -2.30. The number of carboxylic acids is 1. The Morgan fingerprint density at radius 3 is 2.18 bits per heavy atom. The zero-order valence-corrected chi connectivity index (χ0v) is 21.0. The van der Waals surface area contributed by atoms with Gasteiger partial charge >= 0.3 is 12.1 Å². The number of fused-ring (bicyclic) bond motifs is 3. The zero-order valence-electron chi connectivity index (χ0n) is 21.0. The fourth-order valence-corrected chi connectivity index (χ4v) is 5.43. The number of rotatable bonds is 8. The highest BCUT2D eigenvalue weighted by molar-refractivity contribution is 5.83. The van der Waals surface area contributed by atoms with E-state index in [2.05, 4.69) is 29.6 Å². The molecule has 38 heavy (non-hydrogen) atoms. The van der Waals surface area contributed by atoms with E-state index in [-0.39, 0.29) is 37.6 Å². The predicted molar refractivity (Wildman–Crippen MR) is 143 cm³/mol. The van der Waals surface area contributed by atoms with Crippen LogP contribution in [0, 0.1) is 5.92 Å². The van der Waals surface area contributed by atoms with Crippen LogP contribution < -0.4 is 5.32 Å². The summed E-state index contributed by atoms with van der Waals surface area (Å²) >= 11 is 0. The van der Waals surface area contributed by atoms with Crippen molar-refractivity contribution in [2.45, 2.75) is 31.3 Å². The quantitative estimate of drug-likeness (QED) is 0.417. The standard InChI is InChI=1S/C31H30N2O5/c34-29(35)19-33(18-21-9-2-1-3-10-21)30(36)22-11-8-12-23(17-22)32-31(37)38-20-28-26-15-6-4-13-24(26)25-14-5-7-16-27(25)28/h1-10,12-16,22-23,28H,11,17-20H2,(H,32,37)(H,34,35). The summed E-state index contributed by atoms with van der Waals surface area (Å²) in [5.41, 5.74) is 5.47. The Labute approximate surface area is 221 Å². The number of nitrogens with zero attached hydrogens (tertiary/aromatic N) is 1. The molecule has 194 valence electrons. The number of carbonyl (C=O) groups is 3. The Balaban J connectivity index is 1.19. The molecule has 2 atom stereocenters. The van der Waals surface area contributed by atoms with Gasteiger partial charge in [0.2, 0.25) is 5.91 Å². The highest BCUT2D eigenvalue weighted by atomic mass is 16.5. The van der Waals surface area contributed by atoms with E-state index in [9.17, 15) is 19.5 Å². The van der Waals surface area contributed by atoms with Crippen molar-refractivity contribution < 1.29 is 24.2 Å². The van der Waals surface area contributed by atoms with Gasteiger partial charge in [0.25, 0.3) is 0 Å². The first kappa shape index (κ1) is 25.3. The summed E-state index contributed by atoms with van der Waals surface area (Å²) in [6, 6.07) is 25.3. The molecule has 0 saturated heterocycles. The number of hydrogen-bond acceptors (Lipinski definition) is 4. The minimum atomic E-state index is -1.06. The molecule has 5 rings (SSSR count). The number of nitrogens with one attached hydrogen (secondary N) is 1. The topological polar surface area (TPSA) is 95.9 Å². The van der Waals surface area contributed by atoms with Gasteiger partial charge in [0, 0.05) is 18.4 Å². The molecule has 0 saturated carbocycles. The fraction of sp³-hybridized carbons (Fsp3) is 0.258. The lowest BCUT2D eigenvalue weighted by Crippen LogP contribution is -2.43. The highest BCUT2D eigenvalue weighted by Gasteiger charge is 2.31. The zero-order chi connectivity index (χ0) is 26.5. The Kier molecular flexibility index (Phi) is 7.54. The maximum absolute atomic E-state index is 13.3. The number of carbonyl (C=O) groups excluding carboxylic acids is 2. The first-order valence-electron chi connectivity index (χ1n) is 12.8. The van der Waals surface area contributed by atoms with Crippen LogP contribution in [0.3, 0.4) is 0 Å². The third kappa shape index (κ3) is 5.62. The van der Waals surface area contributed by atoms with Crippen molar-refractivity contribution in [3.63, 3.8) is 0 Å². The number of aliphatic carboxylic acids is 1. The molecule has 3 aromatic rings. The molecule has 0 spiro atoms. The number of ether oxygens (including phenoxy) is 1. The van der Waals surface area contributed by atoms with E-state index in [1.54, 1.807) is 0 Å². The fourth-order valence-electron chi connectivity index (χ4n) is 5.43. The Bertz CT molecular complexity index is 1310. The van der Waals surface area contributed by atoms with Gasteiger partial charge in [-0.2, -0.15) is 0 Å². The summed E-state index contributed by atoms with van der Waals surface area (Å²) in [7, 11) is 0. The summed E-state index contributed by atoms with van der Waals surface area (Å²) in [5, 5.41) is 12.2. The molecule has 0 aromatic heterocycles. The van der Waals surface area contributed by atoms with Crippen LogP contribution in [0.2, 0.25) is 0 Å². The van der Waals surface area contributed by atoms with Crippen molar-refractivity contribution >= 4 is 18.0 Å². The van der Waals surface area contributed by atoms with Gasteiger partial charge in [-0.15, -0.1) is 0 Å². The van der Waals surface area contributed by atoms with Gasteiger partial charge in [0.1, 0.15) is 13.2 Å². The van der Waals surface area contributed by atoms with E-state index in [4.69, 9.17) is 4.74 Å². The van der Waals surface area contributed by atoms with E-state index < -0.39 is 18.0 Å². The van der Waals surface area contributed by atoms with Crippen LogP contribution >= 0.6 is 0 Å². The molecule has 7 nitrogen and oxygen atoms in total. The second-order valence-corrected chi connectivity index (χ2v) is 9.75. The molecule has 2 unspecified atom stereocenters. The first-order valence-corrected chi connectivity index (χ1v) is 12.8. The van der Waals surface area contributed by atoms with E-state index in [1.165, 1.54) is 4.90 Å². The molecule has 0 heterocycles. The molecule has 0 radical (unpaired) electrons. The van der Waals surface area contributed by atoms with Gasteiger partial charge in [-0.1, -0.05) is 91.0 Å². The molecule has 0 aliphatic heterocycles. The minimum absolute atomic E-state index is 0.0352. The number of hydrogen-bond donors (Lipinski definition) is 2. The normalized spacial score (nSPS) is 17.8. The van der Waals surface area contributed by atoms with Crippen LogP contribution in [-0.2, 0) is 20.9 Å². The number of allylic oxidation sites excluding steroid dienone is 1. The number of alkyl carbamates (subject to hydrolysis) is 1. The lowest BCUT2D eigenvalue weighted by molar-refractivity contribution is -0.147. The molecule has 0 bridgehead atoms. The van der Waals surface area contributed by atoms with Crippen molar-refractivity contribution in [3.8, 4) is 11.1 Å². The Morgan fingerprint density at radius 2 is 1.53 bits per heavy atom. The monoisotopic (exact) mass is 510 g/mol. The first-order chi connectivity index (χ1) is 18.5. The SMILES string of the molecule is O=C(O)CN(Cc1ccccc1)C(=O)C1CC=CC(NC(=O)OCC2c3ccccc3-c3ccccc32)C1. The molecule has 2 aliphatic carbocycles. The molecule has 2 N–H and O–H groups in total. The highest BCUT2D eigenvalue weighted by Crippen LogP contribution is 2.44. The van der Waals surface area contributed by atoms with Crippen LogP contribution in [-0.4, -0.2) is 47.2 Å². The van der Waals surface area contributed by atoms with Gasteiger partial charge in [-0.3, -0.25) is 9.59 Å². The van der Waals surface area contributed by atoms with Crippen molar-refractivity contribution in [2.24, 2.45) is 5.92 Å². The maximum Gasteiger partial charge on any atom is 0.407 e. The van der Waals surface area contributed by atoms with E-state index in [0.717, 1.165) is 27.8 Å². The summed E-state index contributed by atoms with van der Waals surface area (Å²) in [6.07, 6.45) is 4.06. The van der Waals surface area contributed by atoms with Crippen LogP contribution in [0.15, 0.2) is 91.0 Å². The molecule has 0 fully saturated rings. The van der Waals surface area contributed by atoms with Crippen LogP contribution in [0.4, 0.5) is 4.79 Å². The summed E-state index contributed by atoms with van der Waals surface area (Å²) in [4.78, 5) is 38.9. The summed E-state index contributed by atoms with van der Waals surface area (Å²) < 4.78 is 5.66. The second kappa shape index (κ2) is 11.3. The molecule has 2 aliphatic rings. The van der Waals surface area contributed by atoms with E-state index in [0.29, 0.717) is 12.8 Å². The van der Waals surface area contributed by atoms with Crippen LogP contribution in [0.5, 0.6) is 0 Å². The number of benzene rings is 3. The average molecular weight is 511 g/mol. The summed E-state index contributed by atoms with van der Waals surface area (Å²) in [5.74, 6) is -1.76. The van der Waals surface area contributed by atoms with E-state index in [1.807, 2.05) is 66.7 Å². The summed E-state index contributed by atoms with van der Waals surface area (Å²) in [6.45, 7) is 0.0528. The lowest BCUT2D eigenvalue weighted by atomic mass is 9.89. The second-order valence-electron chi connectivity index (χ2n) is 9.75. The van der Waals surface area contributed by atoms with Crippen LogP contribution in [0.1, 0.15) is 35.4 Å². The van der Waals surface area contributed by atoms with Gasteiger partial charge in [0.15, 0.2) is 0 Å². The molecule has 3 aromatic carbocycles. The van der Waals surface area contributed by atoms with Gasteiger partial charge in [-0.25, -0.2) is 4.79 Å². The molecule has 2 amide bonds. The van der Waals surface area contributed by atoms with E-state index >= 15 is 0 Å². The van der Waals surface area contributed by atoms with Crippen molar-refractivity contribution in [2.75, 3.05) is 13.2 Å².